The molecule has 100 valence electrons. The number of primary amides is 1. The number of aryl methyl sites for hydroxylation is 1. The van der Waals surface area contributed by atoms with Crippen LogP contribution in [0.3, 0.4) is 0 Å². The topological polar surface area (TPSA) is 72.9 Å². The molecule has 19 heavy (non-hydrogen) atoms. The van der Waals surface area contributed by atoms with Crippen LogP contribution in [0.5, 0.6) is 0 Å². The molecule has 2 rings (SSSR count). The summed E-state index contributed by atoms with van der Waals surface area (Å²) in [4.78, 5) is 10.7. The molecular weight excluding hydrogens is 247 g/mol. The van der Waals surface area contributed by atoms with Crippen LogP contribution in [0.2, 0.25) is 0 Å². The lowest BCUT2D eigenvalue weighted by atomic mass is 10.1. The Kier molecular flexibility index (Phi) is 3.79. The van der Waals surface area contributed by atoms with Gasteiger partial charge in [-0.3, -0.25) is 9.48 Å². The molecule has 3 N–H and O–H groups in total. The van der Waals surface area contributed by atoms with Gasteiger partial charge in [0.25, 0.3) is 0 Å². The van der Waals surface area contributed by atoms with Crippen LogP contribution in [0.15, 0.2) is 30.6 Å². The fourth-order valence-electron chi connectivity index (χ4n) is 1.76. The maximum absolute atomic E-state index is 13.0. The minimum Gasteiger partial charge on any atom is -0.378 e. The summed E-state index contributed by atoms with van der Waals surface area (Å²) < 4.78 is 14.4. The van der Waals surface area contributed by atoms with Gasteiger partial charge in [-0.2, -0.15) is 5.10 Å². The molecule has 0 aliphatic heterocycles. The van der Waals surface area contributed by atoms with Gasteiger partial charge in [0.1, 0.15) is 12.4 Å². The maximum Gasteiger partial charge on any atom is 0.239 e. The predicted octanol–water partition coefficient (Wildman–Crippen LogP) is 1.43. The van der Waals surface area contributed by atoms with Crippen LogP contribution in [0.1, 0.15) is 11.1 Å². The van der Waals surface area contributed by atoms with E-state index >= 15 is 0 Å². The van der Waals surface area contributed by atoms with E-state index in [0.29, 0.717) is 6.54 Å². The van der Waals surface area contributed by atoms with Gasteiger partial charge in [-0.15, -0.1) is 0 Å². The van der Waals surface area contributed by atoms with Crippen molar-refractivity contribution in [3.63, 3.8) is 0 Å². The zero-order valence-corrected chi connectivity index (χ0v) is 10.6. The highest BCUT2D eigenvalue weighted by atomic mass is 19.1. The predicted molar refractivity (Wildman–Crippen MR) is 69.9 cm³/mol. The summed E-state index contributed by atoms with van der Waals surface area (Å²) >= 11 is 0. The Morgan fingerprint density at radius 1 is 1.53 bits per heavy atom. The molecule has 0 radical (unpaired) electrons. The molecule has 0 saturated heterocycles. The summed E-state index contributed by atoms with van der Waals surface area (Å²) in [6.45, 7) is 2.47. The number of benzene rings is 1. The number of hydrogen-bond acceptors (Lipinski definition) is 3. The molecule has 1 heterocycles. The number of rotatable bonds is 5. The highest BCUT2D eigenvalue weighted by molar-refractivity contribution is 5.73. The number of amides is 1. The monoisotopic (exact) mass is 262 g/mol. The first kappa shape index (κ1) is 13.1. The normalized spacial score (nSPS) is 10.4. The quantitative estimate of drug-likeness (QED) is 0.856. The van der Waals surface area contributed by atoms with Crippen LogP contribution in [0, 0.1) is 12.7 Å². The molecule has 1 aromatic carbocycles. The number of aromatic nitrogens is 2. The SMILES string of the molecule is Cc1cc(F)ccc1CNc1cnn(CC(N)=O)c1. The number of nitrogens with zero attached hydrogens (tertiary/aromatic N) is 2. The van der Waals surface area contributed by atoms with Gasteiger partial charge in [0.05, 0.1) is 11.9 Å². The van der Waals surface area contributed by atoms with Gasteiger partial charge in [0.15, 0.2) is 0 Å². The standard InChI is InChI=1S/C13H15FN4O/c1-9-4-11(14)3-2-10(9)5-16-12-6-17-18(7-12)8-13(15)19/h2-4,6-7,16H,5,8H2,1H3,(H2,15,19). The van der Waals surface area contributed by atoms with E-state index in [1.54, 1.807) is 18.5 Å². The van der Waals surface area contributed by atoms with Crippen molar-refractivity contribution < 1.29 is 9.18 Å². The molecule has 2 aromatic rings. The van der Waals surface area contributed by atoms with Crippen molar-refractivity contribution in [3.8, 4) is 0 Å². The maximum atomic E-state index is 13.0. The molecule has 0 aliphatic carbocycles. The fraction of sp³-hybridized carbons (Fsp3) is 0.231. The molecule has 0 spiro atoms. The summed E-state index contributed by atoms with van der Waals surface area (Å²) in [6.07, 6.45) is 3.31. The van der Waals surface area contributed by atoms with E-state index in [-0.39, 0.29) is 12.4 Å². The molecule has 1 aromatic heterocycles. The first-order valence-corrected chi connectivity index (χ1v) is 5.84. The number of nitrogens with two attached hydrogens (primary N) is 1. The minimum absolute atomic E-state index is 0.0528. The third-order valence-corrected chi connectivity index (χ3v) is 2.74. The Hall–Kier alpha value is -2.37. The van der Waals surface area contributed by atoms with E-state index in [0.717, 1.165) is 16.8 Å². The van der Waals surface area contributed by atoms with E-state index in [1.807, 2.05) is 6.92 Å². The number of nitrogens with one attached hydrogen (secondary N) is 1. The molecule has 0 saturated carbocycles. The van der Waals surface area contributed by atoms with Gasteiger partial charge < -0.3 is 11.1 Å². The fourth-order valence-corrected chi connectivity index (χ4v) is 1.76. The summed E-state index contributed by atoms with van der Waals surface area (Å²) in [5.41, 5.74) is 7.75. The summed E-state index contributed by atoms with van der Waals surface area (Å²) in [5, 5.41) is 7.16. The van der Waals surface area contributed by atoms with Gasteiger partial charge in [0, 0.05) is 12.7 Å². The van der Waals surface area contributed by atoms with Crippen molar-refractivity contribution in [2.24, 2.45) is 5.73 Å². The first-order valence-electron chi connectivity index (χ1n) is 5.84. The molecule has 0 bridgehead atoms. The van der Waals surface area contributed by atoms with E-state index < -0.39 is 5.91 Å². The molecule has 6 heteroatoms. The molecule has 0 unspecified atom stereocenters. The Bertz CT molecular complexity index is 594. The average Bonchev–Trinajstić information content (AvgIpc) is 2.74. The van der Waals surface area contributed by atoms with Crippen molar-refractivity contribution in [1.82, 2.24) is 9.78 Å². The lowest BCUT2D eigenvalue weighted by Gasteiger charge is -2.07. The summed E-state index contributed by atoms with van der Waals surface area (Å²) in [6, 6.07) is 4.67. The van der Waals surface area contributed by atoms with Crippen molar-refractivity contribution in [2.45, 2.75) is 20.0 Å². The zero-order valence-electron chi connectivity index (χ0n) is 10.6. The lowest BCUT2D eigenvalue weighted by Crippen LogP contribution is -2.18. The number of carbonyl (C=O) groups excluding carboxylic acids is 1. The third kappa shape index (κ3) is 3.54. The van der Waals surface area contributed by atoms with Gasteiger partial charge in [-0.25, -0.2) is 4.39 Å². The molecular formula is C13H15FN4O. The first-order chi connectivity index (χ1) is 9.04. The van der Waals surface area contributed by atoms with Gasteiger partial charge in [-0.1, -0.05) is 6.07 Å². The third-order valence-electron chi connectivity index (χ3n) is 2.74. The Balaban J connectivity index is 1.98. The number of halogens is 1. The second-order valence-corrected chi connectivity index (χ2v) is 4.32. The van der Waals surface area contributed by atoms with Crippen molar-refractivity contribution in [3.05, 3.63) is 47.5 Å². The van der Waals surface area contributed by atoms with E-state index in [4.69, 9.17) is 5.73 Å². The van der Waals surface area contributed by atoms with Gasteiger partial charge in [-0.05, 0) is 30.2 Å². The van der Waals surface area contributed by atoms with Crippen LogP contribution in [0.4, 0.5) is 10.1 Å². The lowest BCUT2D eigenvalue weighted by molar-refractivity contribution is -0.118. The molecule has 0 atom stereocenters. The smallest absolute Gasteiger partial charge is 0.239 e. The van der Waals surface area contributed by atoms with Crippen molar-refractivity contribution >= 4 is 11.6 Å². The number of hydrogen-bond donors (Lipinski definition) is 2. The van der Waals surface area contributed by atoms with Crippen molar-refractivity contribution in [1.29, 1.82) is 0 Å². The Labute approximate surface area is 110 Å². The van der Waals surface area contributed by atoms with Crippen LogP contribution in [-0.4, -0.2) is 15.7 Å². The Morgan fingerprint density at radius 2 is 2.32 bits per heavy atom. The van der Waals surface area contributed by atoms with Crippen LogP contribution >= 0.6 is 0 Å². The highest BCUT2D eigenvalue weighted by Crippen LogP contribution is 2.13. The highest BCUT2D eigenvalue weighted by Gasteiger charge is 2.03. The van der Waals surface area contributed by atoms with E-state index in [2.05, 4.69) is 10.4 Å². The summed E-state index contributed by atoms with van der Waals surface area (Å²) in [5.74, 6) is -0.681. The summed E-state index contributed by atoms with van der Waals surface area (Å²) in [7, 11) is 0. The largest absolute Gasteiger partial charge is 0.378 e. The molecule has 0 aliphatic rings. The van der Waals surface area contributed by atoms with Gasteiger partial charge >= 0.3 is 0 Å². The molecule has 5 nitrogen and oxygen atoms in total. The van der Waals surface area contributed by atoms with Crippen molar-refractivity contribution in [2.75, 3.05) is 5.32 Å². The van der Waals surface area contributed by atoms with Crippen LogP contribution in [0.25, 0.3) is 0 Å². The average molecular weight is 262 g/mol. The van der Waals surface area contributed by atoms with E-state index in [9.17, 15) is 9.18 Å². The van der Waals surface area contributed by atoms with Crippen LogP contribution in [-0.2, 0) is 17.9 Å². The zero-order chi connectivity index (χ0) is 13.8. The second kappa shape index (κ2) is 5.51. The van der Waals surface area contributed by atoms with E-state index in [1.165, 1.54) is 16.8 Å². The second-order valence-electron chi connectivity index (χ2n) is 4.32. The van der Waals surface area contributed by atoms with Gasteiger partial charge in [0.2, 0.25) is 5.91 Å². The van der Waals surface area contributed by atoms with Crippen LogP contribution < -0.4 is 11.1 Å². The molecule has 0 fully saturated rings. The minimum atomic E-state index is -0.441. The number of anilines is 1. The number of carbonyl (C=O) groups is 1. The molecule has 1 amide bonds. The Morgan fingerprint density at radius 3 is 3.00 bits per heavy atom.